The van der Waals surface area contributed by atoms with Gasteiger partial charge in [-0.1, -0.05) is 46.4 Å². The fraction of sp³-hybridized carbons (Fsp3) is 0.182. The maximum atomic E-state index is 6.83. The molecule has 5 aromatic rings. The van der Waals surface area contributed by atoms with Gasteiger partial charge >= 0.3 is 0 Å². The summed E-state index contributed by atoms with van der Waals surface area (Å²) in [4.78, 5) is 9.19. The first-order chi connectivity index (χ1) is 15.4. The van der Waals surface area contributed by atoms with Crippen LogP contribution in [0.1, 0.15) is 13.8 Å². The molecule has 0 amide bonds. The van der Waals surface area contributed by atoms with Crippen LogP contribution in [-0.4, -0.2) is 22.9 Å². The van der Waals surface area contributed by atoms with Crippen LogP contribution in [0.5, 0.6) is 5.75 Å². The third kappa shape index (κ3) is 3.42. The largest absolute Gasteiger partial charge is 0.492 e. The molecular weight excluding hydrogens is 498 g/mol. The van der Waals surface area contributed by atoms with Crippen molar-refractivity contribution >= 4 is 90.8 Å². The first-order valence-electron chi connectivity index (χ1n) is 9.78. The fourth-order valence-electron chi connectivity index (χ4n) is 3.56. The zero-order valence-corrected chi connectivity index (χ0v) is 19.9. The summed E-state index contributed by atoms with van der Waals surface area (Å²) in [6.45, 7) is 4.60. The maximum absolute atomic E-state index is 6.83. The highest BCUT2D eigenvalue weighted by atomic mass is 35.5. The first-order valence-corrected chi connectivity index (χ1v) is 11.3. The molecule has 10 heteroatoms. The van der Waals surface area contributed by atoms with Crippen molar-refractivity contribution in [3.05, 3.63) is 50.4 Å². The normalized spacial score (nSPS) is 11.7. The molecule has 0 unspecified atom stereocenters. The van der Waals surface area contributed by atoms with Gasteiger partial charge in [0.15, 0.2) is 22.3 Å². The Kier molecular flexibility index (Phi) is 5.50. The Labute approximate surface area is 201 Å². The summed E-state index contributed by atoms with van der Waals surface area (Å²) in [7, 11) is 0. The number of halogens is 4. The maximum Gasteiger partial charge on any atom is 0.172 e. The molecule has 0 aliphatic heterocycles. The lowest BCUT2D eigenvalue weighted by Gasteiger charge is -2.17. The molecule has 0 aliphatic carbocycles. The van der Waals surface area contributed by atoms with Crippen molar-refractivity contribution in [2.45, 2.75) is 13.8 Å². The monoisotopic (exact) mass is 512 g/mol. The summed E-state index contributed by atoms with van der Waals surface area (Å²) >= 11 is 25.6. The number of hydrogen-bond acceptors (Lipinski definition) is 4. The topological polar surface area (TPSA) is 65.5 Å². The molecule has 166 valence electrons. The van der Waals surface area contributed by atoms with Crippen LogP contribution in [0.2, 0.25) is 20.1 Å². The van der Waals surface area contributed by atoms with Gasteiger partial charge in [0, 0.05) is 18.2 Å². The van der Waals surface area contributed by atoms with E-state index in [2.05, 4.69) is 4.98 Å². The van der Waals surface area contributed by atoms with Crippen molar-refractivity contribution < 1.29 is 18.4 Å². The quantitative estimate of drug-likeness (QED) is 0.246. The number of aromatic nitrogens is 2. The SMILES string of the molecule is CCOc1cc2oc3c(Cl)c4c(cc3[nH]c2cc1Cl)oc1cc(Cl)c(Cl)cc1n4OCC. The Balaban J connectivity index is 1.90. The van der Waals surface area contributed by atoms with Crippen LogP contribution in [0.3, 0.4) is 0 Å². The number of rotatable bonds is 4. The van der Waals surface area contributed by atoms with Gasteiger partial charge in [-0.05, 0) is 26.0 Å². The summed E-state index contributed by atoms with van der Waals surface area (Å²) < 4.78 is 19.4. The molecule has 2 aromatic heterocycles. The van der Waals surface area contributed by atoms with Gasteiger partial charge in [0.1, 0.15) is 28.4 Å². The summed E-state index contributed by atoms with van der Waals surface area (Å²) in [6.07, 6.45) is 0. The lowest BCUT2D eigenvalue weighted by molar-refractivity contribution is 0.140. The third-order valence-electron chi connectivity index (χ3n) is 4.88. The molecule has 0 radical (unpaired) electrons. The van der Waals surface area contributed by atoms with Gasteiger partial charge in [-0.3, -0.25) is 0 Å². The van der Waals surface area contributed by atoms with Crippen molar-refractivity contribution in [3.63, 3.8) is 0 Å². The number of fused-ring (bicyclic) bond motifs is 4. The Morgan fingerprint density at radius 2 is 1.59 bits per heavy atom. The van der Waals surface area contributed by atoms with E-state index in [1.165, 1.54) is 0 Å². The van der Waals surface area contributed by atoms with Crippen molar-refractivity contribution in [1.29, 1.82) is 0 Å². The lowest BCUT2D eigenvalue weighted by atomic mass is 10.2. The van der Waals surface area contributed by atoms with Crippen LogP contribution in [-0.2, 0) is 0 Å². The van der Waals surface area contributed by atoms with Crippen LogP contribution in [0.15, 0.2) is 39.2 Å². The Morgan fingerprint density at radius 1 is 0.812 bits per heavy atom. The second kappa shape index (κ2) is 8.19. The summed E-state index contributed by atoms with van der Waals surface area (Å²) in [5.41, 5.74) is 4.24. The molecule has 0 atom stereocenters. The Morgan fingerprint density at radius 3 is 2.34 bits per heavy atom. The molecule has 5 rings (SSSR count). The van der Waals surface area contributed by atoms with E-state index in [1.807, 2.05) is 13.8 Å². The van der Waals surface area contributed by atoms with Crippen LogP contribution >= 0.6 is 46.4 Å². The van der Waals surface area contributed by atoms with E-state index in [0.29, 0.717) is 83.5 Å². The fourth-order valence-corrected chi connectivity index (χ4v) is 4.40. The van der Waals surface area contributed by atoms with Gasteiger partial charge in [0.05, 0.1) is 32.7 Å². The average molecular weight is 514 g/mol. The van der Waals surface area contributed by atoms with Crippen LogP contribution in [0, 0.1) is 0 Å². The van der Waals surface area contributed by atoms with Crippen molar-refractivity contribution in [1.82, 2.24) is 9.71 Å². The van der Waals surface area contributed by atoms with Gasteiger partial charge in [-0.2, -0.15) is 4.73 Å². The van der Waals surface area contributed by atoms with Gasteiger partial charge in [0.2, 0.25) is 0 Å². The Bertz CT molecular complexity index is 1560. The molecule has 0 spiro atoms. The van der Waals surface area contributed by atoms with E-state index in [0.717, 1.165) is 0 Å². The first kappa shape index (κ1) is 21.5. The number of nitrogens with one attached hydrogen (secondary N) is 1. The summed E-state index contributed by atoms with van der Waals surface area (Å²) in [5.74, 6) is 0.520. The summed E-state index contributed by atoms with van der Waals surface area (Å²) in [6, 6.07) is 8.54. The standard InChI is InChI=1S/C22H16Cl4N2O4/c1-3-29-16-9-17-13(5-12(16)25)27-14-8-19-21(20(26)22(14)32-17)28(30-4-2)15-6-10(23)11(24)7-18(15)31-19/h5-9,27H,3-4H2,1-2H3. The molecule has 1 N–H and O–H groups in total. The molecule has 0 saturated heterocycles. The zero-order valence-electron chi connectivity index (χ0n) is 16.9. The van der Waals surface area contributed by atoms with Gasteiger partial charge in [-0.15, -0.1) is 0 Å². The molecule has 0 saturated carbocycles. The van der Waals surface area contributed by atoms with Crippen LogP contribution < -0.4 is 9.57 Å². The van der Waals surface area contributed by atoms with E-state index in [-0.39, 0.29) is 0 Å². The van der Waals surface area contributed by atoms with Crippen molar-refractivity contribution in [3.8, 4) is 5.75 Å². The second-order valence-corrected chi connectivity index (χ2v) is 8.50. The molecule has 0 aliphatic rings. The predicted octanol–water partition coefficient (Wildman–Crippen LogP) is 8.20. The molecule has 2 heterocycles. The number of ether oxygens (including phenoxy) is 1. The number of aromatic amines is 1. The zero-order chi connectivity index (χ0) is 22.6. The van der Waals surface area contributed by atoms with Crippen LogP contribution in [0.4, 0.5) is 0 Å². The minimum absolute atomic E-state index is 0.300. The minimum Gasteiger partial charge on any atom is -0.492 e. The third-order valence-corrected chi connectivity index (χ3v) is 6.25. The number of benzene rings is 3. The number of H-pyrrole nitrogens is 1. The molecule has 6 nitrogen and oxygen atoms in total. The van der Waals surface area contributed by atoms with Gasteiger partial charge < -0.3 is 23.4 Å². The predicted molar refractivity (Wildman–Crippen MR) is 129 cm³/mol. The highest BCUT2D eigenvalue weighted by molar-refractivity contribution is 6.43. The van der Waals surface area contributed by atoms with Gasteiger partial charge in [0.25, 0.3) is 0 Å². The molecule has 32 heavy (non-hydrogen) atoms. The second-order valence-electron chi connectivity index (χ2n) is 6.90. The minimum atomic E-state index is 0.300. The van der Waals surface area contributed by atoms with Gasteiger partial charge in [-0.25, -0.2) is 0 Å². The molecule has 0 bridgehead atoms. The lowest BCUT2D eigenvalue weighted by Crippen LogP contribution is -2.13. The number of nitrogens with zero attached hydrogens (tertiary/aromatic N) is 1. The Hall–Kier alpha value is -2.38. The van der Waals surface area contributed by atoms with E-state index in [1.54, 1.807) is 35.1 Å². The van der Waals surface area contributed by atoms with Crippen LogP contribution in [0.25, 0.3) is 44.4 Å². The van der Waals surface area contributed by atoms with E-state index >= 15 is 0 Å². The highest BCUT2D eigenvalue weighted by Gasteiger charge is 2.19. The molecule has 0 fully saturated rings. The van der Waals surface area contributed by atoms with E-state index in [9.17, 15) is 0 Å². The van der Waals surface area contributed by atoms with E-state index in [4.69, 9.17) is 64.8 Å². The smallest absolute Gasteiger partial charge is 0.172 e. The van der Waals surface area contributed by atoms with Crippen molar-refractivity contribution in [2.75, 3.05) is 13.2 Å². The van der Waals surface area contributed by atoms with E-state index < -0.39 is 0 Å². The molecular formula is C22H16Cl4N2O4. The molecule has 3 aromatic carbocycles. The average Bonchev–Trinajstić information content (AvgIpc) is 2.75. The van der Waals surface area contributed by atoms with Crippen molar-refractivity contribution in [2.24, 2.45) is 0 Å². The summed E-state index contributed by atoms with van der Waals surface area (Å²) in [5, 5.41) is 1.50. The highest BCUT2D eigenvalue weighted by Crippen LogP contribution is 2.38. The number of hydrogen-bond donors (Lipinski definition) is 1.